The average molecular weight is 338 g/mol. The van der Waals surface area contributed by atoms with Gasteiger partial charge in [-0.05, 0) is 55.4 Å². The van der Waals surface area contributed by atoms with Crippen LogP contribution in [0.5, 0.6) is 0 Å². The van der Waals surface area contributed by atoms with Gasteiger partial charge in [0.05, 0.1) is 11.8 Å². The minimum Gasteiger partial charge on any atom is -0.326 e. The number of allylic oxidation sites excluding steroid dienone is 2. The maximum atomic E-state index is 12.6. The van der Waals surface area contributed by atoms with Crippen molar-refractivity contribution in [3.8, 4) is 0 Å². The van der Waals surface area contributed by atoms with E-state index in [9.17, 15) is 14.4 Å². The van der Waals surface area contributed by atoms with Crippen molar-refractivity contribution in [1.29, 1.82) is 0 Å². The van der Waals surface area contributed by atoms with Crippen LogP contribution in [0.25, 0.3) is 0 Å². The van der Waals surface area contributed by atoms with Gasteiger partial charge in [0.1, 0.15) is 0 Å². The Balaban J connectivity index is 1.38. The van der Waals surface area contributed by atoms with Crippen molar-refractivity contribution in [2.75, 3.05) is 11.9 Å². The maximum absolute atomic E-state index is 12.6. The Morgan fingerprint density at radius 2 is 1.60 bits per heavy atom. The predicted octanol–water partition coefficient (Wildman–Crippen LogP) is 2.44. The Kier molecular flexibility index (Phi) is 3.74. The highest BCUT2D eigenvalue weighted by Crippen LogP contribution is 2.52. The number of carbonyl (C=O) groups excluding carboxylic acids is 3. The highest BCUT2D eigenvalue weighted by molar-refractivity contribution is 6.06. The zero-order valence-corrected chi connectivity index (χ0v) is 14.5. The molecule has 5 heteroatoms. The van der Waals surface area contributed by atoms with Crippen molar-refractivity contribution < 1.29 is 14.4 Å². The Hall–Kier alpha value is -2.43. The number of hydrogen-bond donors (Lipinski definition) is 1. The molecule has 1 saturated carbocycles. The fourth-order valence-electron chi connectivity index (χ4n) is 4.67. The Bertz CT molecular complexity index is 748. The molecule has 5 nitrogen and oxygen atoms in total. The second-order valence-electron chi connectivity index (χ2n) is 7.50. The fourth-order valence-corrected chi connectivity index (χ4v) is 4.67. The Morgan fingerprint density at radius 1 is 1.04 bits per heavy atom. The summed E-state index contributed by atoms with van der Waals surface area (Å²) in [6.45, 7) is 4.12. The van der Waals surface area contributed by atoms with Crippen molar-refractivity contribution >= 4 is 23.4 Å². The summed E-state index contributed by atoms with van der Waals surface area (Å²) in [6, 6.07) is 5.86. The van der Waals surface area contributed by atoms with Crippen LogP contribution < -0.4 is 5.32 Å². The van der Waals surface area contributed by atoms with Crippen molar-refractivity contribution in [1.82, 2.24) is 4.90 Å². The van der Waals surface area contributed by atoms with Gasteiger partial charge in [0.15, 0.2) is 0 Å². The summed E-state index contributed by atoms with van der Waals surface area (Å²) in [6.07, 6.45) is 5.21. The molecule has 130 valence electrons. The number of amides is 3. The summed E-state index contributed by atoms with van der Waals surface area (Å²) in [5, 5.41) is 2.86. The lowest BCUT2D eigenvalue weighted by Crippen LogP contribution is -2.35. The quantitative estimate of drug-likeness (QED) is 0.677. The molecule has 0 spiro atoms. The molecule has 2 fully saturated rings. The zero-order chi connectivity index (χ0) is 17.7. The Morgan fingerprint density at radius 3 is 2.16 bits per heavy atom. The van der Waals surface area contributed by atoms with Gasteiger partial charge in [-0.2, -0.15) is 0 Å². The van der Waals surface area contributed by atoms with Crippen LogP contribution in [0, 0.1) is 37.5 Å². The van der Waals surface area contributed by atoms with E-state index in [2.05, 4.69) is 17.5 Å². The maximum Gasteiger partial charge on any atom is 0.233 e. The third kappa shape index (κ3) is 2.68. The van der Waals surface area contributed by atoms with E-state index < -0.39 is 0 Å². The van der Waals surface area contributed by atoms with Gasteiger partial charge in [-0.25, -0.2) is 0 Å². The summed E-state index contributed by atoms with van der Waals surface area (Å²) >= 11 is 0. The standard InChI is InChI=1S/C20H22N2O3/c1-11-7-12(2)9-15(8-11)21-16(23)5-6-22-19(24)17-13-3-4-14(10-13)18(17)20(22)25/h3-4,7-9,13-14,17-18H,5-6,10H2,1-2H3,(H,21,23)/t13-,14-,17-,18-/m0/s1. The molecule has 25 heavy (non-hydrogen) atoms. The molecule has 1 heterocycles. The van der Waals surface area contributed by atoms with E-state index in [1.807, 2.05) is 32.0 Å². The minimum atomic E-state index is -0.190. The van der Waals surface area contributed by atoms with Gasteiger partial charge >= 0.3 is 0 Å². The van der Waals surface area contributed by atoms with E-state index in [0.29, 0.717) is 0 Å². The molecule has 0 unspecified atom stereocenters. The molecule has 1 N–H and O–H groups in total. The summed E-state index contributed by atoms with van der Waals surface area (Å²) in [4.78, 5) is 38.7. The molecule has 4 rings (SSSR count). The van der Waals surface area contributed by atoms with Gasteiger partial charge in [-0.3, -0.25) is 19.3 Å². The number of aryl methyl sites for hydroxylation is 2. The number of imide groups is 1. The lowest BCUT2D eigenvalue weighted by molar-refractivity contribution is -0.140. The number of nitrogens with one attached hydrogen (secondary N) is 1. The summed E-state index contributed by atoms with van der Waals surface area (Å²) < 4.78 is 0. The van der Waals surface area contributed by atoms with Gasteiger partial charge in [0.25, 0.3) is 0 Å². The van der Waals surface area contributed by atoms with Crippen LogP contribution in [0.2, 0.25) is 0 Å². The first-order valence-corrected chi connectivity index (χ1v) is 8.86. The topological polar surface area (TPSA) is 66.5 Å². The first-order chi connectivity index (χ1) is 11.9. The lowest BCUT2D eigenvalue weighted by atomic mass is 9.85. The van der Waals surface area contributed by atoms with Gasteiger partial charge in [0.2, 0.25) is 17.7 Å². The van der Waals surface area contributed by atoms with Crippen LogP contribution in [0.1, 0.15) is 24.0 Å². The third-order valence-electron chi connectivity index (χ3n) is 5.63. The number of carbonyl (C=O) groups is 3. The van der Waals surface area contributed by atoms with E-state index in [4.69, 9.17) is 0 Å². The summed E-state index contributed by atoms with van der Waals surface area (Å²) in [5.74, 6) is -0.322. The van der Waals surface area contributed by atoms with Crippen molar-refractivity contribution in [3.63, 3.8) is 0 Å². The van der Waals surface area contributed by atoms with Crippen LogP contribution in [0.3, 0.4) is 0 Å². The van der Waals surface area contributed by atoms with E-state index in [1.54, 1.807) is 0 Å². The SMILES string of the molecule is Cc1cc(C)cc(NC(=O)CCN2C(=O)[C@@H]3[C@@H](C2=O)[C@H]2C=C[C@H]3C2)c1. The van der Waals surface area contributed by atoms with Crippen molar-refractivity contribution in [3.05, 3.63) is 41.5 Å². The second-order valence-corrected chi connectivity index (χ2v) is 7.50. The molecular weight excluding hydrogens is 316 g/mol. The fraction of sp³-hybridized carbons (Fsp3) is 0.450. The van der Waals surface area contributed by atoms with Crippen molar-refractivity contribution in [2.24, 2.45) is 23.7 Å². The largest absolute Gasteiger partial charge is 0.326 e. The summed E-state index contributed by atoms with van der Waals surface area (Å²) in [7, 11) is 0. The van der Waals surface area contributed by atoms with Gasteiger partial charge in [0, 0.05) is 18.7 Å². The van der Waals surface area contributed by atoms with Crippen LogP contribution in [0.15, 0.2) is 30.4 Å². The molecule has 1 aliphatic heterocycles. The molecule has 3 aliphatic rings. The molecule has 2 aliphatic carbocycles. The molecule has 0 aromatic heterocycles. The normalized spacial score (nSPS) is 29.4. The van der Waals surface area contributed by atoms with Crippen molar-refractivity contribution in [2.45, 2.75) is 26.7 Å². The van der Waals surface area contributed by atoms with Crippen LogP contribution in [0.4, 0.5) is 5.69 Å². The van der Waals surface area contributed by atoms with Gasteiger partial charge in [-0.1, -0.05) is 18.2 Å². The molecule has 1 saturated heterocycles. The monoisotopic (exact) mass is 338 g/mol. The van der Waals surface area contributed by atoms with Gasteiger partial charge in [-0.15, -0.1) is 0 Å². The van der Waals surface area contributed by atoms with Crippen LogP contribution >= 0.6 is 0 Å². The minimum absolute atomic E-state index is 0.0916. The average Bonchev–Trinajstić information content (AvgIpc) is 3.19. The molecule has 4 atom stereocenters. The highest BCUT2D eigenvalue weighted by atomic mass is 16.2. The van der Waals surface area contributed by atoms with Gasteiger partial charge < -0.3 is 5.32 Å². The second kappa shape index (κ2) is 5.83. The number of nitrogens with zero attached hydrogens (tertiary/aromatic N) is 1. The first-order valence-electron chi connectivity index (χ1n) is 8.86. The number of anilines is 1. The predicted molar refractivity (Wildman–Crippen MR) is 93.6 cm³/mol. The molecule has 1 aromatic carbocycles. The molecule has 3 amide bonds. The molecule has 2 bridgehead atoms. The number of rotatable bonds is 4. The number of fused-ring (bicyclic) bond motifs is 5. The molecular formula is C20H22N2O3. The summed E-state index contributed by atoms with van der Waals surface area (Å²) in [5.41, 5.74) is 2.91. The van der Waals surface area contributed by atoms with Crippen LogP contribution in [-0.2, 0) is 14.4 Å². The molecule has 1 aromatic rings. The lowest BCUT2D eigenvalue weighted by Gasteiger charge is -2.17. The number of benzene rings is 1. The van der Waals surface area contributed by atoms with E-state index >= 15 is 0 Å². The number of hydrogen-bond acceptors (Lipinski definition) is 3. The smallest absolute Gasteiger partial charge is 0.233 e. The highest BCUT2D eigenvalue weighted by Gasteiger charge is 2.58. The van der Waals surface area contributed by atoms with Crippen LogP contribution in [-0.4, -0.2) is 29.2 Å². The first kappa shape index (κ1) is 16.1. The van der Waals surface area contributed by atoms with E-state index in [1.165, 1.54) is 4.90 Å². The van der Waals surface area contributed by atoms with E-state index in [0.717, 1.165) is 23.2 Å². The number of likely N-dealkylation sites (tertiary alicyclic amines) is 1. The molecule has 0 radical (unpaired) electrons. The third-order valence-corrected chi connectivity index (χ3v) is 5.63. The van der Waals surface area contributed by atoms with E-state index in [-0.39, 0.29) is 54.4 Å². The Labute approximate surface area is 147 Å². The zero-order valence-electron chi connectivity index (χ0n) is 14.5.